The van der Waals surface area contributed by atoms with Crippen molar-refractivity contribution in [3.8, 4) is 5.75 Å². The maximum atomic E-state index is 12.1. The number of benzene rings is 1. The average Bonchev–Trinajstić information content (AvgIpc) is 2.53. The number of ether oxygens (including phenoxy) is 2. The van der Waals surface area contributed by atoms with Crippen LogP contribution in [0.2, 0.25) is 0 Å². The number of rotatable bonds is 6. The summed E-state index contributed by atoms with van der Waals surface area (Å²) < 4.78 is 33.3. The van der Waals surface area contributed by atoms with Crippen LogP contribution in [0.25, 0.3) is 0 Å². The van der Waals surface area contributed by atoms with Crippen molar-refractivity contribution in [1.29, 1.82) is 0 Å². The number of hydrogen-bond acceptors (Lipinski definition) is 5. The molecule has 0 radical (unpaired) electrons. The zero-order valence-electron chi connectivity index (χ0n) is 14.0. The third-order valence-electron chi connectivity index (χ3n) is 3.33. The molecule has 26 heavy (non-hydrogen) atoms. The van der Waals surface area contributed by atoms with Crippen molar-refractivity contribution < 1.29 is 27.8 Å². The van der Waals surface area contributed by atoms with Gasteiger partial charge in [0.2, 0.25) is 5.56 Å². The van der Waals surface area contributed by atoms with Crippen molar-refractivity contribution in [3.05, 3.63) is 57.5 Å². The zero-order chi connectivity index (χ0) is 19.3. The van der Waals surface area contributed by atoms with Crippen LogP contribution in [0.15, 0.2) is 35.1 Å². The second-order valence-electron chi connectivity index (χ2n) is 5.34. The van der Waals surface area contributed by atoms with E-state index in [2.05, 4.69) is 15.0 Å². The smallest absolute Gasteiger partial charge is 0.387 e. The monoisotopic (exact) mass is 366 g/mol. The van der Waals surface area contributed by atoms with Crippen LogP contribution < -0.4 is 15.6 Å². The van der Waals surface area contributed by atoms with Crippen LogP contribution >= 0.6 is 0 Å². The van der Waals surface area contributed by atoms with Crippen LogP contribution in [-0.2, 0) is 9.53 Å². The lowest BCUT2D eigenvalue weighted by atomic mass is 10.1. The van der Waals surface area contributed by atoms with Crippen molar-refractivity contribution in [1.82, 2.24) is 4.98 Å². The van der Waals surface area contributed by atoms with E-state index in [1.807, 2.05) is 0 Å². The van der Waals surface area contributed by atoms with Gasteiger partial charge in [-0.1, -0.05) is 0 Å². The first-order chi connectivity index (χ1) is 12.3. The van der Waals surface area contributed by atoms with Gasteiger partial charge in [0.25, 0.3) is 5.91 Å². The van der Waals surface area contributed by atoms with E-state index in [0.29, 0.717) is 16.9 Å². The summed E-state index contributed by atoms with van der Waals surface area (Å²) in [6.07, 6.45) is 0. The van der Waals surface area contributed by atoms with Crippen molar-refractivity contribution >= 4 is 17.6 Å². The van der Waals surface area contributed by atoms with Gasteiger partial charge >= 0.3 is 12.6 Å². The number of aromatic amines is 1. The van der Waals surface area contributed by atoms with Crippen molar-refractivity contribution in [3.63, 3.8) is 0 Å². The highest BCUT2D eigenvalue weighted by atomic mass is 19.3. The minimum absolute atomic E-state index is 0.0477. The molecule has 0 atom stereocenters. The maximum Gasteiger partial charge on any atom is 0.387 e. The van der Waals surface area contributed by atoms with Gasteiger partial charge in [-0.25, -0.2) is 4.79 Å². The summed E-state index contributed by atoms with van der Waals surface area (Å²) in [6, 6.07) is 6.52. The maximum absolute atomic E-state index is 12.1. The molecule has 0 spiro atoms. The van der Waals surface area contributed by atoms with Gasteiger partial charge in [-0.2, -0.15) is 8.78 Å². The molecule has 9 heteroatoms. The summed E-state index contributed by atoms with van der Waals surface area (Å²) in [4.78, 5) is 37.7. The topological polar surface area (TPSA) is 97.5 Å². The molecular formula is C17H16F2N2O5. The lowest BCUT2D eigenvalue weighted by Crippen LogP contribution is -2.23. The summed E-state index contributed by atoms with van der Waals surface area (Å²) in [5, 5.41) is 2.45. The van der Waals surface area contributed by atoms with Crippen molar-refractivity contribution in [2.24, 2.45) is 0 Å². The number of hydrogen-bond donors (Lipinski definition) is 2. The Kier molecular flexibility index (Phi) is 6.05. The molecule has 0 aliphatic rings. The van der Waals surface area contributed by atoms with Gasteiger partial charge in [0, 0.05) is 17.4 Å². The van der Waals surface area contributed by atoms with Crippen molar-refractivity contribution in [2.75, 3.05) is 11.9 Å². The molecule has 0 fully saturated rings. The average molecular weight is 366 g/mol. The Bertz CT molecular complexity index is 836. The first kappa shape index (κ1) is 19.1. The molecule has 2 aromatic rings. The second-order valence-corrected chi connectivity index (χ2v) is 5.34. The highest BCUT2D eigenvalue weighted by Gasteiger charge is 2.16. The third-order valence-corrected chi connectivity index (χ3v) is 3.33. The van der Waals surface area contributed by atoms with Gasteiger partial charge in [0.05, 0.1) is 5.56 Å². The summed E-state index contributed by atoms with van der Waals surface area (Å²) in [5.41, 5.74) is 0.949. The van der Waals surface area contributed by atoms with E-state index in [9.17, 15) is 23.2 Å². The highest BCUT2D eigenvalue weighted by molar-refractivity contribution is 5.96. The molecule has 2 N–H and O–H groups in total. The van der Waals surface area contributed by atoms with Gasteiger partial charge in [-0.15, -0.1) is 0 Å². The molecule has 138 valence electrons. The number of esters is 1. The van der Waals surface area contributed by atoms with Gasteiger partial charge in [-0.3, -0.25) is 9.59 Å². The van der Waals surface area contributed by atoms with Crippen LogP contribution in [0.4, 0.5) is 14.5 Å². The Labute approximate surface area is 146 Å². The number of alkyl halides is 2. The minimum atomic E-state index is -2.94. The normalized spacial score (nSPS) is 10.5. The molecular weight excluding hydrogens is 350 g/mol. The van der Waals surface area contributed by atoms with Crippen LogP contribution in [0, 0.1) is 13.8 Å². The molecule has 1 aromatic heterocycles. The number of aromatic nitrogens is 1. The van der Waals surface area contributed by atoms with Crippen LogP contribution in [0.1, 0.15) is 21.6 Å². The first-order valence-electron chi connectivity index (χ1n) is 7.48. The van der Waals surface area contributed by atoms with Crippen LogP contribution in [-0.4, -0.2) is 30.1 Å². The Morgan fingerprint density at radius 3 is 2.42 bits per heavy atom. The Hall–Kier alpha value is -3.23. The fourth-order valence-corrected chi connectivity index (χ4v) is 2.28. The van der Waals surface area contributed by atoms with Gasteiger partial charge < -0.3 is 19.8 Å². The molecule has 0 unspecified atom stereocenters. The number of H-pyrrole nitrogens is 1. The van der Waals surface area contributed by atoms with E-state index >= 15 is 0 Å². The third kappa shape index (κ3) is 5.13. The lowest BCUT2D eigenvalue weighted by molar-refractivity contribution is -0.119. The number of aryl methyl sites for hydroxylation is 2. The Morgan fingerprint density at radius 2 is 1.85 bits per heavy atom. The van der Waals surface area contributed by atoms with E-state index in [0.717, 1.165) is 0 Å². The fourth-order valence-electron chi connectivity index (χ4n) is 2.28. The molecule has 0 aliphatic carbocycles. The van der Waals surface area contributed by atoms with Gasteiger partial charge in [-0.05, 0) is 43.7 Å². The van der Waals surface area contributed by atoms with Gasteiger partial charge in [0.1, 0.15) is 5.75 Å². The first-order valence-corrected chi connectivity index (χ1v) is 7.48. The summed E-state index contributed by atoms with van der Waals surface area (Å²) in [7, 11) is 0. The quantitative estimate of drug-likeness (QED) is 0.765. The molecule has 0 saturated heterocycles. The predicted octanol–water partition coefficient (Wildman–Crippen LogP) is 2.39. The number of carbonyl (C=O) groups excluding carboxylic acids is 2. The lowest BCUT2D eigenvalue weighted by Gasteiger charge is -2.10. The van der Waals surface area contributed by atoms with E-state index < -0.39 is 25.1 Å². The molecule has 7 nitrogen and oxygen atoms in total. The molecule has 1 amide bonds. The fraction of sp³-hybridized carbons (Fsp3) is 0.235. The van der Waals surface area contributed by atoms with Crippen LogP contribution in [0.3, 0.4) is 0 Å². The Morgan fingerprint density at radius 1 is 1.19 bits per heavy atom. The number of halogens is 2. The minimum Gasteiger partial charge on any atom is -0.452 e. The number of nitrogens with one attached hydrogen (secondary N) is 2. The summed E-state index contributed by atoms with van der Waals surface area (Å²) in [6.45, 7) is -0.350. The number of anilines is 1. The molecule has 1 aromatic carbocycles. The SMILES string of the molecule is Cc1cc(=O)[nH]c(C)c1C(=O)OCC(=O)Nc1ccc(OC(F)F)cc1. The highest BCUT2D eigenvalue weighted by Crippen LogP contribution is 2.17. The number of amides is 1. The van der Waals surface area contributed by atoms with E-state index in [-0.39, 0.29) is 16.9 Å². The van der Waals surface area contributed by atoms with Crippen LogP contribution in [0.5, 0.6) is 5.75 Å². The molecule has 0 aliphatic heterocycles. The van der Waals surface area contributed by atoms with Gasteiger partial charge in [0.15, 0.2) is 6.61 Å². The van der Waals surface area contributed by atoms with E-state index in [1.54, 1.807) is 13.8 Å². The Balaban J connectivity index is 1.92. The molecule has 0 saturated carbocycles. The van der Waals surface area contributed by atoms with E-state index in [4.69, 9.17) is 4.74 Å². The summed E-state index contributed by atoms with van der Waals surface area (Å²) >= 11 is 0. The molecule has 1 heterocycles. The van der Waals surface area contributed by atoms with E-state index in [1.165, 1.54) is 30.3 Å². The number of carbonyl (C=O) groups is 2. The largest absolute Gasteiger partial charge is 0.452 e. The number of pyridine rings is 1. The molecule has 2 rings (SSSR count). The van der Waals surface area contributed by atoms with Crippen molar-refractivity contribution in [2.45, 2.75) is 20.5 Å². The standard InChI is InChI=1S/C17H16F2N2O5/c1-9-7-13(22)20-10(2)15(9)16(24)25-8-14(23)21-11-3-5-12(6-4-11)26-17(18)19/h3-7,17H,8H2,1-2H3,(H,20,22)(H,21,23). The molecule has 0 bridgehead atoms. The second kappa shape index (κ2) is 8.24. The zero-order valence-corrected chi connectivity index (χ0v) is 14.0. The predicted molar refractivity (Wildman–Crippen MR) is 88.5 cm³/mol. The summed E-state index contributed by atoms with van der Waals surface area (Å²) in [5.74, 6) is -1.40.